The molecule has 6 heteroatoms. The Labute approximate surface area is 130 Å². The molecule has 3 rings (SSSR count). The second-order valence-corrected chi connectivity index (χ2v) is 5.49. The SMILES string of the molecule is O=[N+]([O-])c1cccc2c1ccn2Cc1ccc(Cl)cc1Cl. The monoisotopic (exact) mass is 320 g/mol. The van der Waals surface area contributed by atoms with Gasteiger partial charge in [0.05, 0.1) is 15.8 Å². The third kappa shape index (κ3) is 2.60. The van der Waals surface area contributed by atoms with E-state index in [1.165, 1.54) is 6.07 Å². The largest absolute Gasteiger partial charge is 0.343 e. The number of halogens is 2. The Bertz CT molecular complexity index is 843. The van der Waals surface area contributed by atoms with Crippen LogP contribution >= 0.6 is 23.2 Å². The third-order valence-corrected chi connectivity index (χ3v) is 3.93. The average molecular weight is 321 g/mol. The zero-order valence-electron chi connectivity index (χ0n) is 10.8. The molecule has 1 heterocycles. The van der Waals surface area contributed by atoms with Crippen LogP contribution in [0.15, 0.2) is 48.7 Å². The van der Waals surface area contributed by atoms with E-state index >= 15 is 0 Å². The van der Waals surface area contributed by atoms with Crippen LogP contribution in [0.3, 0.4) is 0 Å². The number of non-ortho nitro benzene ring substituents is 1. The first-order chi connectivity index (χ1) is 10.1. The minimum Gasteiger partial charge on any atom is -0.343 e. The van der Waals surface area contributed by atoms with Crippen LogP contribution in [-0.4, -0.2) is 9.49 Å². The molecule has 0 aliphatic rings. The molecule has 0 atom stereocenters. The smallest absolute Gasteiger partial charge is 0.278 e. The number of nitrogens with zero attached hydrogens (tertiary/aromatic N) is 2. The Morgan fingerprint density at radius 1 is 1.14 bits per heavy atom. The van der Waals surface area contributed by atoms with Crippen LogP contribution < -0.4 is 0 Å². The van der Waals surface area contributed by atoms with Gasteiger partial charge in [0, 0.05) is 28.9 Å². The van der Waals surface area contributed by atoms with Gasteiger partial charge in [0.25, 0.3) is 5.69 Å². The molecule has 0 bridgehead atoms. The fourth-order valence-electron chi connectivity index (χ4n) is 2.34. The summed E-state index contributed by atoms with van der Waals surface area (Å²) in [7, 11) is 0. The second-order valence-electron chi connectivity index (χ2n) is 4.65. The quantitative estimate of drug-likeness (QED) is 0.508. The normalized spacial score (nSPS) is 11.0. The van der Waals surface area contributed by atoms with Crippen LogP contribution in [0.5, 0.6) is 0 Å². The highest BCUT2D eigenvalue weighted by molar-refractivity contribution is 6.35. The average Bonchev–Trinajstić information content (AvgIpc) is 2.85. The van der Waals surface area contributed by atoms with Gasteiger partial charge in [0.15, 0.2) is 0 Å². The van der Waals surface area contributed by atoms with Crippen molar-refractivity contribution in [3.05, 3.63) is 74.4 Å². The number of nitro groups is 1. The highest BCUT2D eigenvalue weighted by atomic mass is 35.5. The maximum absolute atomic E-state index is 11.0. The maximum Gasteiger partial charge on any atom is 0.278 e. The Balaban J connectivity index is 2.06. The van der Waals surface area contributed by atoms with Gasteiger partial charge in [0.2, 0.25) is 0 Å². The van der Waals surface area contributed by atoms with E-state index in [4.69, 9.17) is 23.2 Å². The van der Waals surface area contributed by atoms with Crippen molar-refractivity contribution in [1.29, 1.82) is 0 Å². The summed E-state index contributed by atoms with van der Waals surface area (Å²) < 4.78 is 1.93. The summed E-state index contributed by atoms with van der Waals surface area (Å²) in [5, 5.41) is 12.8. The lowest BCUT2D eigenvalue weighted by Crippen LogP contribution is -1.99. The number of fused-ring (bicyclic) bond motifs is 1. The van der Waals surface area contributed by atoms with Crippen molar-refractivity contribution in [2.75, 3.05) is 0 Å². The standard InChI is InChI=1S/C15H10Cl2N2O2/c16-11-5-4-10(13(17)8-11)9-18-7-6-12-14(18)2-1-3-15(12)19(20)21/h1-8H,9H2. The highest BCUT2D eigenvalue weighted by Crippen LogP contribution is 2.28. The van der Waals surface area contributed by atoms with E-state index in [0.29, 0.717) is 22.0 Å². The van der Waals surface area contributed by atoms with Gasteiger partial charge < -0.3 is 4.57 Å². The summed E-state index contributed by atoms with van der Waals surface area (Å²) in [6, 6.07) is 12.1. The zero-order valence-corrected chi connectivity index (χ0v) is 12.3. The molecule has 0 amide bonds. The first-order valence-corrected chi connectivity index (χ1v) is 6.98. The molecule has 0 aliphatic carbocycles. The topological polar surface area (TPSA) is 48.1 Å². The van der Waals surface area contributed by atoms with Crippen molar-refractivity contribution >= 4 is 39.8 Å². The third-order valence-electron chi connectivity index (χ3n) is 3.34. The summed E-state index contributed by atoms with van der Waals surface area (Å²) in [6.45, 7) is 0.528. The van der Waals surface area contributed by atoms with Gasteiger partial charge in [-0.3, -0.25) is 10.1 Å². The lowest BCUT2D eigenvalue weighted by molar-refractivity contribution is -0.383. The van der Waals surface area contributed by atoms with Crippen LogP contribution in [0.25, 0.3) is 10.9 Å². The van der Waals surface area contributed by atoms with E-state index in [1.54, 1.807) is 24.3 Å². The van der Waals surface area contributed by atoms with Crippen molar-refractivity contribution in [3.8, 4) is 0 Å². The van der Waals surface area contributed by atoms with E-state index in [2.05, 4.69) is 0 Å². The molecule has 3 aromatic rings. The predicted octanol–water partition coefficient (Wildman–Crippen LogP) is 4.90. The molecule has 0 aliphatic heterocycles. The fraction of sp³-hybridized carbons (Fsp3) is 0.0667. The molecule has 21 heavy (non-hydrogen) atoms. The van der Waals surface area contributed by atoms with E-state index in [9.17, 15) is 10.1 Å². The van der Waals surface area contributed by atoms with Gasteiger partial charge in [0.1, 0.15) is 0 Å². The molecule has 2 aromatic carbocycles. The number of rotatable bonds is 3. The zero-order chi connectivity index (χ0) is 15.0. The first kappa shape index (κ1) is 13.9. The molecule has 0 saturated heterocycles. The minimum absolute atomic E-state index is 0.105. The molecule has 1 aromatic heterocycles. The number of nitro benzene ring substituents is 1. The van der Waals surface area contributed by atoms with Crippen molar-refractivity contribution in [1.82, 2.24) is 4.57 Å². The van der Waals surface area contributed by atoms with E-state index in [0.717, 1.165) is 11.1 Å². The van der Waals surface area contributed by atoms with Gasteiger partial charge >= 0.3 is 0 Å². The van der Waals surface area contributed by atoms with Crippen molar-refractivity contribution in [2.45, 2.75) is 6.54 Å². The minimum atomic E-state index is -0.373. The maximum atomic E-state index is 11.0. The molecule has 0 N–H and O–H groups in total. The van der Waals surface area contributed by atoms with E-state index in [-0.39, 0.29) is 10.6 Å². The Hall–Kier alpha value is -2.04. The number of hydrogen-bond donors (Lipinski definition) is 0. The van der Waals surface area contributed by atoms with Gasteiger partial charge in [-0.1, -0.05) is 35.3 Å². The number of benzene rings is 2. The molecular weight excluding hydrogens is 311 g/mol. The van der Waals surface area contributed by atoms with Gasteiger partial charge in [-0.05, 0) is 29.8 Å². The van der Waals surface area contributed by atoms with Gasteiger partial charge in [-0.2, -0.15) is 0 Å². The van der Waals surface area contributed by atoms with E-state index in [1.807, 2.05) is 22.9 Å². The van der Waals surface area contributed by atoms with Crippen LogP contribution in [0.1, 0.15) is 5.56 Å². The molecule has 0 fully saturated rings. The highest BCUT2D eigenvalue weighted by Gasteiger charge is 2.14. The molecule has 0 unspecified atom stereocenters. The molecule has 0 radical (unpaired) electrons. The van der Waals surface area contributed by atoms with Crippen LogP contribution in [0.2, 0.25) is 10.0 Å². The second kappa shape index (κ2) is 5.39. The van der Waals surface area contributed by atoms with Gasteiger partial charge in [-0.25, -0.2) is 0 Å². The van der Waals surface area contributed by atoms with Crippen molar-refractivity contribution < 1.29 is 4.92 Å². The molecular formula is C15H10Cl2N2O2. The number of hydrogen-bond acceptors (Lipinski definition) is 2. The molecule has 4 nitrogen and oxygen atoms in total. The molecule has 0 spiro atoms. The lowest BCUT2D eigenvalue weighted by Gasteiger charge is -2.08. The Kier molecular flexibility index (Phi) is 3.57. The molecule has 0 saturated carbocycles. The van der Waals surface area contributed by atoms with Crippen LogP contribution in [0, 0.1) is 10.1 Å². The first-order valence-electron chi connectivity index (χ1n) is 6.22. The van der Waals surface area contributed by atoms with E-state index < -0.39 is 0 Å². The summed E-state index contributed by atoms with van der Waals surface area (Å²) in [6.07, 6.45) is 1.82. The fourth-order valence-corrected chi connectivity index (χ4v) is 2.81. The van der Waals surface area contributed by atoms with Gasteiger partial charge in [-0.15, -0.1) is 0 Å². The molecule has 106 valence electrons. The van der Waals surface area contributed by atoms with Crippen LogP contribution in [0.4, 0.5) is 5.69 Å². The van der Waals surface area contributed by atoms with Crippen molar-refractivity contribution in [2.24, 2.45) is 0 Å². The summed E-state index contributed by atoms with van der Waals surface area (Å²) in [5.74, 6) is 0. The lowest BCUT2D eigenvalue weighted by atomic mass is 10.2. The van der Waals surface area contributed by atoms with Crippen molar-refractivity contribution in [3.63, 3.8) is 0 Å². The summed E-state index contributed by atoms with van der Waals surface area (Å²) >= 11 is 12.1. The summed E-state index contributed by atoms with van der Waals surface area (Å²) in [5.41, 5.74) is 1.81. The summed E-state index contributed by atoms with van der Waals surface area (Å²) in [4.78, 5) is 10.7. The number of aromatic nitrogens is 1. The predicted molar refractivity (Wildman–Crippen MR) is 84.2 cm³/mol. The Morgan fingerprint density at radius 2 is 1.95 bits per heavy atom. The Morgan fingerprint density at radius 3 is 2.67 bits per heavy atom. The van der Waals surface area contributed by atoms with Crippen LogP contribution in [-0.2, 0) is 6.54 Å².